The molecule has 1 unspecified atom stereocenters. The van der Waals surface area contributed by atoms with Gasteiger partial charge in [-0.1, -0.05) is 0 Å². The van der Waals surface area contributed by atoms with Crippen molar-refractivity contribution < 1.29 is 9.47 Å². The summed E-state index contributed by atoms with van der Waals surface area (Å²) < 4.78 is 11.3. The lowest BCUT2D eigenvalue weighted by atomic mass is 10.1. The molecule has 2 aliphatic rings. The van der Waals surface area contributed by atoms with Gasteiger partial charge < -0.3 is 25.0 Å². The zero-order chi connectivity index (χ0) is 18.0. The molecule has 2 fully saturated rings. The van der Waals surface area contributed by atoms with Gasteiger partial charge in [-0.3, -0.25) is 4.99 Å². The molecule has 0 aliphatic carbocycles. The molecule has 1 aromatic heterocycles. The lowest BCUT2D eigenvalue weighted by Gasteiger charge is -2.33. The molecule has 154 valence electrons. The first-order chi connectivity index (χ1) is 12.8. The van der Waals surface area contributed by atoms with Crippen molar-refractivity contribution in [3.05, 3.63) is 17.5 Å². The monoisotopic (exact) mass is 508 g/mol. The van der Waals surface area contributed by atoms with E-state index in [9.17, 15) is 0 Å². The largest absolute Gasteiger partial charge is 0.377 e. The number of nitrogens with one attached hydrogen (secondary N) is 2. The number of halogens is 1. The minimum Gasteiger partial charge on any atom is -0.377 e. The van der Waals surface area contributed by atoms with Gasteiger partial charge >= 0.3 is 0 Å². The third-order valence-electron chi connectivity index (χ3n) is 4.83. The number of guanidine groups is 1. The van der Waals surface area contributed by atoms with Crippen LogP contribution in [0.25, 0.3) is 0 Å². The molecule has 6 nitrogen and oxygen atoms in total. The SMILES string of the molecule is CCNC(=NCCOCC1CCCO1)NC1CCN(c2cccs2)CC1.I. The number of hydrogen-bond acceptors (Lipinski definition) is 5. The van der Waals surface area contributed by atoms with Crippen LogP contribution in [0.15, 0.2) is 22.5 Å². The van der Waals surface area contributed by atoms with E-state index < -0.39 is 0 Å². The summed E-state index contributed by atoms with van der Waals surface area (Å²) in [5.41, 5.74) is 0. The predicted octanol–water partition coefficient (Wildman–Crippen LogP) is 3.09. The number of nitrogens with zero attached hydrogens (tertiary/aromatic N) is 2. The van der Waals surface area contributed by atoms with Crippen molar-refractivity contribution in [2.45, 2.75) is 44.8 Å². The van der Waals surface area contributed by atoms with Gasteiger partial charge in [0.15, 0.2) is 5.96 Å². The Morgan fingerprint density at radius 3 is 2.89 bits per heavy atom. The van der Waals surface area contributed by atoms with Crippen molar-refractivity contribution in [1.82, 2.24) is 10.6 Å². The van der Waals surface area contributed by atoms with Crippen molar-refractivity contribution in [1.29, 1.82) is 0 Å². The highest BCUT2D eigenvalue weighted by molar-refractivity contribution is 14.0. The van der Waals surface area contributed by atoms with E-state index in [2.05, 4.69) is 45.0 Å². The molecule has 27 heavy (non-hydrogen) atoms. The van der Waals surface area contributed by atoms with Crippen LogP contribution in [0.2, 0.25) is 0 Å². The van der Waals surface area contributed by atoms with E-state index in [0.717, 1.165) is 57.9 Å². The van der Waals surface area contributed by atoms with Crippen molar-refractivity contribution in [3.8, 4) is 0 Å². The topological polar surface area (TPSA) is 58.1 Å². The summed E-state index contributed by atoms with van der Waals surface area (Å²) in [6.45, 7) is 8.07. The van der Waals surface area contributed by atoms with Gasteiger partial charge in [-0.05, 0) is 50.1 Å². The molecule has 0 spiro atoms. The highest BCUT2D eigenvalue weighted by atomic mass is 127. The fourth-order valence-corrected chi connectivity index (χ4v) is 4.21. The van der Waals surface area contributed by atoms with E-state index in [0.29, 0.717) is 31.9 Å². The van der Waals surface area contributed by atoms with Gasteiger partial charge in [0.25, 0.3) is 0 Å². The normalized spacial score (nSPS) is 21.1. The fourth-order valence-electron chi connectivity index (χ4n) is 3.42. The Hall–Kier alpha value is -0.580. The molecule has 2 aliphatic heterocycles. The molecule has 8 heteroatoms. The summed E-state index contributed by atoms with van der Waals surface area (Å²) >= 11 is 1.82. The lowest BCUT2D eigenvalue weighted by Crippen LogP contribution is -2.48. The van der Waals surface area contributed by atoms with Gasteiger partial charge in [-0.2, -0.15) is 0 Å². The van der Waals surface area contributed by atoms with Crippen LogP contribution < -0.4 is 15.5 Å². The van der Waals surface area contributed by atoms with Crippen LogP contribution in [0, 0.1) is 0 Å². The minimum absolute atomic E-state index is 0. The molecule has 0 saturated carbocycles. The summed E-state index contributed by atoms with van der Waals surface area (Å²) in [6.07, 6.45) is 4.85. The zero-order valence-electron chi connectivity index (χ0n) is 16.2. The number of hydrogen-bond donors (Lipinski definition) is 2. The first kappa shape index (κ1) is 22.7. The van der Waals surface area contributed by atoms with Crippen molar-refractivity contribution >= 4 is 46.3 Å². The van der Waals surface area contributed by atoms with Crippen LogP contribution in [0.4, 0.5) is 5.00 Å². The van der Waals surface area contributed by atoms with Crippen LogP contribution in [-0.4, -0.2) is 64.1 Å². The highest BCUT2D eigenvalue weighted by Gasteiger charge is 2.20. The van der Waals surface area contributed by atoms with E-state index >= 15 is 0 Å². The summed E-state index contributed by atoms with van der Waals surface area (Å²) in [6, 6.07) is 4.82. The van der Waals surface area contributed by atoms with E-state index in [1.54, 1.807) is 0 Å². The van der Waals surface area contributed by atoms with Crippen molar-refractivity contribution in [3.63, 3.8) is 0 Å². The van der Waals surface area contributed by atoms with E-state index in [1.165, 1.54) is 5.00 Å². The molecule has 3 rings (SSSR count). The lowest BCUT2D eigenvalue weighted by molar-refractivity contribution is 0.0200. The highest BCUT2D eigenvalue weighted by Crippen LogP contribution is 2.24. The predicted molar refractivity (Wildman–Crippen MR) is 124 cm³/mol. The number of rotatable bonds is 8. The van der Waals surface area contributed by atoms with Crippen molar-refractivity contribution in [2.24, 2.45) is 4.99 Å². The molecular weight excluding hydrogens is 475 g/mol. The second-order valence-corrected chi connectivity index (χ2v) is 7.75. The van der Waals surface area contributed by atoms with Gasteiger partial charge in [0, 0.05) is 32.3 Å². The Kier molecular flexibility index (Phi) is 10.8. The van der Waals surface area contributed by atoms with E-state index in [1.807, 2.05) is 11.3 Å². The van der Waals surface area contributed by atoms with Gasteiger partial charge in [0.05, 0.1) is 30.9 Å². The van der Waals surface area contributed by atoms with Gasteiger partial charge in [0.1, 0.15) is 0 Å². The second kappa shape index (κ2) is 12.8. The maximum Gasteiger partial charge on any atom is 0.191 e. The Morgan fingerprint density at radius 2 is 2.22 bits per heavy atom. The van der Waals surface area contributed by atoms with Crippen molar-refractivity contribution in [2.75, 3.05) is 50.9 Å². The number of aliphatic imine (C=N–C) groups is 1. The number of piperidine rings is 1. The Morgan fingerprint density at radius 1 is 1.37 bits per heavy atom. The minimum atomic E-state index is 0. The summed E-state index contributed by atoms with van der Waals surface area (Å²) in [7, 11) is 0. The van der Waals surface area contributed by atoms with Crippen LogP contribution in [-0.2, 0) is 9.47 Å². The average Bonchev–Trinajstić information content (AvgIpc) is 3.36. The molecule has 0 radical (unpaired) electrons. The summed E-state index contributed by atoms with van der Waals surface area (Å²) in [4.78, 5) is 7.14. The first-order valence-corrected chi connectivity index (χ1v) is 10.8. The van der Waals surface area contributed by atoms with Gasteiger partial charge in [0.2, 0.25) is 0 Å². The quantitative estimate of drug-likeness (QED) is 0.245. The number of anilines is 1. The second-order valence-electron chi connectivity index (χ2n) is 6.83. The maximum atomic E-state index is 5.70. The molecule has 0 aromatic carbocycles. The molecule has 2 N–H and O–H groups in total. The Bertz CT molecular complexity index is 530. The molecule has 3 heterocycles. The first-order valence-electron chi connectivity index (χ1n) is 9.88. The molecule has 2 saturated heterocycles. The number of thiophene rings is 1. The molecular formula is C19H33IN4O2S. The molecule has 1 atom stereocenters. The fraction of sp³-hybridized carbons (Fsp3) is 0.737. The van der Waals surface area contributed by atoms with Crippen LogP contribution >= 0.6 is 35.3 Å². The smallest absolute Gasteiger partial charge is 0.191 e. The zero-order valence-corrected chi connectivity index (χ0v) is 19.3. The third kappa shape index (κ3) is 7.75. The van der Waals surface area contributed by atoms with Crippen LogP contribution in [0.1, 0.15) is 32.6 Å². The van der Waals surface area contributed by atoms with E-state index in [4.69, 9.17) is 9.47 Å². The third-order valence-corrected chi connectivity index (χ3v) is 5.76. The molecule has 0 bridgehead atoms. The van der Waals surface area contributed by atoms with Crippen LogP contribution in [0.5, 0.6) is 0 Å². The maximum absolute atomic E-state index is 5.70. The summed E-state index contributed by atoms with van der Waals surface area (Å²) in [5, 5.41) is 10.5. The van der Waals surface area contributed by atoms with E-state index in [-0.39, 0.29) is 24.0 Å². The molecule has 1 aromatic rings. The molecule has 0 amide bonds. The Labute approximate surface area is 184 Å². The van der Waals surface area contributed by atoms with Crippen LogP contribution in [0.3, 0.4) is 0 Å². The number of ether oxygens (including phenoxy) is 2. The van der Waals surface area contributed by atoms with Gasteiger partial charge in [-0.25, -0.2) is 0 Å². The average molecular weight is 508 g/mol. The van der Waals surface area contributed by atoms with Gasteiger partial charge in [-0.15, -0.1) is 35.3 Å². The summed E-state index contributed by atoms with van der Waals surface area (Å²) in [5.74, 6) is 0.905. The standard InChI is InChI=1S/C19H32N4O2S.HI/c1-2-20-19(21-9-13-24-15-17-5-3-12-25-17)22-16-7-10-23(11-8-16)18-6-4-14-26-18;/h4,6,14,16-17H,2-3,5,7-13,15H2,1H3,(H2,20,21,22);1H. The Balaban J connectivity index is 0.00000261.